The molecule has 60 valence electrons. The lowest BCUT2D eigenvalue weighted by Gasteiger charge is -1.98. The summed E-state index contributed by atoms with van der Waals surface area (Å²) in [4.78, 5) is 0. The highest BCUT2D eigenvalue weighted by Gasteiger charge is 1.91. The first-order valence-corrected chi connectivity index (χ1v) is 4.15. The Balaban J connectivity index is 2.66. The first-order valence-electron chi connectivity index (χ1n) is 3.61. The van der Waals surface area contributed by atoms with Crippen LogP contribution < -0.4 is 0 Å². The highest BCUT2D eigenvalue weighted by atomic mass is 35.5. The monoisotopic (exact) mass is 170 g/mol. The van der Waals surface area contributed by atoms with Crippen molar-refractivity contribution in [2.24, 2.45) is 0 Å². The van der Waals surface area contributed by atoms with Crippen molar-refractivity contribution in [3.63, 3.8) is 0 Å². The Morgan fingerprint density at radius 1 is 1.09 bits per heavy atom. The standard InChI is InChI=1S/C9H11ClO/c10-7-9-3-1-8(2-4-9)5-6-11/h1-4,11H,5-7H2. The molecule has 0 saturated heterocycles. The zero-order valence-electron chi connectivity index (χ0n) is 6.26. The largest absolute Gasteiger partial charge is 0.396 e. The minimum atomic E-state index is 0.209. The van der Waals surface area contributed by atoms with Crippen LogP contribution in [0.1, 0.15) is 11.1 Å². The summed E-state index contributed by atoms with van der Waals surface area (Å²) in [5.74, 6) is 0.555. The summed E-state index contributed by atoms with van der Waals surface area (Å²) < 4.78 is 0. The second-order valence-electron chi connectivity index (χ2n) is 2.42. The van der Waals surface area contributed by atoms with Gasteiger partial charge in [0.15, 0.2) is 0 Å². The van der Waals surface area contributed by atoms with Crippen LogP contribution in [0.15, 0.2) is 24.3 Å². The summed E-state index contributed by atoms with van der Waals surface area (Å²) in [7, 11) is 0. The predicted octanol–water partition coefficient (Wildman–Crippen LogP) is 1.96. The molecule has 2 heteroatoms. The van der Waals surface area contributed by atoms with E-state index in [1.165, 1.54) is 0 Å². The first kappa shape index (κ1) is 8.57. The summed E-state index contributed by atoms with van der Waals surface area (Å²) in [5, 5.41) is 8.62. The summed E-state index contributed by atoms with van der Waals surface area (Å²) in [6.07, 6.45) is 0.725. The number of rotatable bonds is 3. The normalized spacial score (nSPS) is 10.0. The van der Waals surface area contributed by atoms with Crippen molar-refractivity contribution in [2.75, 3.05) is 6.61 Å². The van der Waals surface area contributed by atoms with Crippen molar-refractivity contribution in [2.45, 2.75) is 12.3 Å². The number of aliphatic hydroxyl groups excluding tert-OH is 1. The molecule has 0 bridgehead atoms. The molecule has 1 aromatic rings. The van der Waals surface area contributed by atoms with Crippen LogP contribution >= 0.6 is 11.6 Å². The van der Waals surface area contributed by atoms with Gasteiger partial charge in [-0.15, -0.1) is 11.6 Å². The highest BCUT2D eigenvalue weighted by molar-refractivity contribution is 6.17. The van der Waals surface area contributed by atoms with Crippen molar-refractivity contribution < 1.29 is 5.11 Å². The Bertz CT molecular complexity index is 205. The van der Waals surface area contributed by atoms with Gasteiger partial charge in [-0.2, -0.15) is 0 Å². The highest BCUT2D eigenvalue weighted by Crippen LogP contribution is 2.06. The van der Waals surface area contributed by atoms with E-state index in [1.54, 1.807) is 0 Å². The fourth-order valence-corrected chi connectivity index (χ4v) is 1.10. The van der Waals surface area contributed by atoms with Gasteiger partial charge in [-0.05, 0) is 17.5 Å². The molecule has 0 radical (unpaired) electrons. The molecule has 1 nitrogen and oxygen atoms in total. The number of hydrogen-bond donors (Lipinski definition) is 1. The molecule has 0 aromatic heterocycles. The summed E-state index contributed by atoms with van der Waals surface area (Å²) >= 11 is 5.61. The molecule has 1 rings (SSSR count). The van der Waals surface area contributed by atoms with E-state index in [0.29, 0.717) is 5.88 Å². The van der Waals surface area contributed by atoms with Gasteiger partial charge >= 0.3 is 0 Å². The third kappa shape index (κ3) is 2.52. The van der Waals surface area contributed by atoms with Gasteiger partial charge in [0, 0.05) is 12.5 Å². The molecule has 11 heavy (non-hydrogen) atoms. The van der Waals surface area contributed by atoms with Gasteiger partial charge in [0.1, 0.15) is 0 Å². The van der Waals surface area contributed by atoms with E-state index in [1.807, 2.05) is 24.3 Å². The van der Waals surface area contributed by atoms with Gasteiger partial charge in [0.05, 0.1) is 0 Å². The lowest BCUT2D eigenvalue weighted by atomic mass is 10.1. The summed E-state index contributed by atoms with van der Waals surface area (Å²) in [6, 6.07) is 7.96. The number of hydrogen-bond acceptors (Lipinski definition) is 1. The molecule has 0 aliphatic rings. The minimum Gasteiger partial charge on any atom is -0.396 e. The molecule has 0 heterocycles. The quantitative estimate of drug-likeness (QED) is 0.688. The van der Waals surface area contributed by atoms with Crippen LogP contribution in [0.25, 0.3) is 0 Å². The van der Waals surface area contributed by atoms with Gasteiger partial charge < -0.3 is 5.11 Å². The predicted molar refractivity (Wildman–Crippen MR) is 46.8 cm³/mol. The number of halogens is 1. The van der Waals surface area contributed by atoms with E-state index in [0.717, 1.165) is 17.5 Å². The SMILES string of the molecule is OCCc1ccc(CCl)cc1. The molecule has 0 spiro atoms. The van der Waals surface area contributed by atoms with Gasteiger partial charge in [-0.3, -0.25) is 0 Å². The maximum absolute atomic E-state index is 8.62. The van der Waals surface area contributed by atoms with E-state index in [-0.39, 0.29) is 6.61 Å². The molecule has 0 aliphatic carbocycles. The van der Waals surface area contributed by atoms with Crippen LogP contribution in [0, 0.1) is 0 Å². The van der Waals surface area contributed by atoms with Crippen molar-refractivity contribution in [1.29, 1.82) is 0 Å². The van der Waals surface area contributed by atoms with Crippen molar-refractivity contribution >= 4 is 11.6 Å². The Kier molecular flexibility index (Phi) is 3.40. The Morgan fingerprint density at radius 3 is 2.09 bits per heavy atom. The summed E-state index contributed by atoms with van der Waals surface area (Å²) in [5.41, 5.74) is 2.27. The lowest BCUT2D eigenvalue weighted by molar-refractivity contribution is 0.299. The molecule has 0 unspecified atom stereocenters. The number of alkyl halides is 1. The van der Waals surface area contributed by atoms with Crippen LogP contribution in [0.4, 0.5) is 0 Å². The fraction of sp³-hybridized carbons (Fsp3) is 0.333. The second kappa shape index (κ2) is 4.37. The van der Waals surface area contributed by atoms with E-state index in [9.17, 15) is 0 Å². The minimum absolute atomic E-state index is 0.209. The van der Waals surface area contributed by atoms with E-state index < -0.39 is 0 Å². The van der Waals surface area contributed by atoms with E-state index in [2.05, 4.69) is 0 Å². The van der Waals surface area contributed by atoms with Crippen LogP contribution in [0.2, 0.25) is 0 Å². The van der Waals surface area contributed by atoms with Gasteiger partial charge in [-0.25, -0.2) is 0 Å². The molecular weight excluding hydrogens is 160 g/mol. The molecule has 0 fully saturated rings. The summed E-state index contributed by atoms with van der Waals surface area (Å²) in [6.45, 7) is 0.209. The average Bonchev–Trinajstić information content (AvgIpc) is 2.07. The zero-order chi connectivity index (χ0) is 8.10. The van der Waals surface area contributed by atoms with Crippen molar-refractivity contribution in [3.05, 3.63) is 35.4 Å². The molecule has 1 N–H and O–H groups in total. The Hall–Kier alpha value is -0.530. The molecule has 0 atom stereocenters. The molecule has 0 amide bonds. The third-order valence-electron chi connectivity index (χ3n) is 1.58. The third-order valence-corrected chi connectivity index (χ3v) is 1.89. The van der Waals surface area contributed by atoms with Crippen LogP contribution in [-0.4, -0.2) is 11.7 Å². The smallest absolute Gasteiger partial charge is 0.0474 e. The van der Waals surface area contributed by atoms with Crippen LogP contribution in [0.5, 0.6) is 0 Å². The molecule has 1 aromatic carbocycles. The molecular formula is C9H11ClO. The average molecular weight is 171 g/mol. The lowest BCUT2D eigenvalue weighted by Crippen LogP contribution is -1.90. The van der Waals surface area contributed by atoms with Crippen LogP contribution in [-0.2, 0) is 12.3 Å². The van der Waals surface area contributed by atoms with Crippen LogP contribution in [0.3, 0.4) is 0 Å². The van der Waals surface area contributed by atoms with Crippen molar-refractivity contribution in [3.8, 4) is 0 Å². The first-order chi connectivity index (χ1) is 5.36. The van der Waals surface area contributed by atoms with E-state index in [4.69, 9.17) is 16.7 Å². The number of benzene rings is 1. The number of aliphatic hydroxyl groups is 1. The van der Waals surface area contributed by atoms with Gasteiger partial charge in [0.2, 0.25) is 0 Å². The zero-order valence-corrected chi connectivity index (χ0v) is 7.01. The second-order valence-corrected chi connectivity index (χ2v) is 2.69. The molecule has 0 saturated carbocycles. The van der Waals surface area contributed by atoms with Gasteiger partial charge in [-0.1, -0.05) is 24.3 Å². The Morgan fingerprint density at radius 2 is 1.64 bits per heavy atom. The fourth-order valence-electron chi connectivity index (χ4n) is 0.924. The molecule has 0 aliphatic heterocycles. The van der Waals surface area contributed by atoms with Gasteiger partial charge in [0.25, 0.3) is 0 Å². The maximum Gasteiger partial charge on any atom is 0.0474 e. The topological polar surface area (TPSA) is 20.2 Å². The Labute approximate surface area is 71.6 Å². The van der Waals surface area contributed by atoms with Crippen molar-refractivity contribution in [1.82, 2.24) is 0 Å². The maximum atomic E-state index is 8.62. The van der Waals surface area contributed by atoms with E-state index >= 15 is 0 Å².